The third kappa shape index (κ3) is 9.92. The molecule has 0 fully saturated rings. The topological polar surface area (TPSA) is 37.3 Å². The summed E-state index contributed by atoms with van der Waals surface area (Å²) in [6.07, 6.45) is 15.6. The Morgan fingerprint density at radius 3 is 1.52 bits per heavy atom. The first-order chi connectivity index (χ1) is 11.0. The van der Waals surface area contributed by atoms with Crippen LogP contribution in [0.2, 0.25) is 0 Å². The van der Waals surface area contributed by atoms with E-state index in [1.54, 1.807) is 0 Å². The van der Waals surface area contributed by atoms with Crippen LogP contribution in [-0.2, 0) is 4.57 Å². The molecule has 0 aliphatic rings. The van der Waals surface area contributed by atoms with Gasteiger partial charge in [0.2, 0.25) is 7.37 Å². The lowest BCUT2D eigenvalue weighted by Gasteiger charge is -2.30. The minimum Gasteiger partial charge on any atom is -0.344 e. The van der Waals surface area contributed by atoms with Crippen LogP contribution < -0.4 is 0 Å². The van der Waals surface area contributed by atoms with E-state index in [0.29, 0.717) is 0 Å². The van der Waals surface area contributed by atoms with Crippen molar-refractivity contribution in [2.45, 2.75) is 129 Å². The van der Waals surface area contributed by atoms with E-state index >= 15 is 0 Å². The Morgan fingerprint density at radius 1 is 0.609 bits per heavy atom. The van der Waals surface area contributed by atoms with Crippen molar-refractivity contribution >= 4 is 7.37 Å². The Labute approximate surface area is 146 Å². The fourth-order valence-electron chi connectivity index (χ4n) is 3.59. The van der Waals surface area contributed by atoms with Gasteiger partial charge in [0.1, 0.15) is 0 Å². The molecule has 140 valence electrons. The van der Waals surface area contributed by atoms with E-state index in [1.165, 1.54) is 32.1 Å². The molecule has 0 amide bonds. The molecule has 0 aliphatic carbocycles. The number of unbranched alkanes of at least 4 members (excludes halogenated alkanes) is 6. The van der Waals surface area contributed by atoms with Crippen molar-refractivity contribution in [1.82, 2.24) is 0 Å². The van der Waals surface area contributed by atoms with Crippen molar-refractivity contribution in [2.75, 3.05) is 0 Å². The van der Waals surface area contributed by atoms with Gasteiger partial charge in [0.25, 0.3) is 0 Å². The molecule has 3 unspecified atom stereocenters. The first kappa shape index (κ1) is 23.2. The summed E-state index contributed by atoms with van der Waals surface area (Å²) in [5.41, 5.74) is 0.0937. The Hall–Kier alpha value is 0.190. The van der Waals surface area contributed by atoms with E-state index in [2.05, 4.69) is 27.7 Å². The van der Waals surface area contributed by atoms with E-state index in [1.807, 2.05) is 0 Å². The normalized spacial score (nSPS) is 16.9. The van der Waals surface area contributed by atoms with Gasteiger partial charge < -0.3 is 4.89 Å². The van der Waals surface area contributed by atoms with Gasteiger partial charge in [-0.3, -0.25) is 4.57 Å². The van der Waals surface area contributed by atoms with E-state index in [0.717, 1.165) is 57.8 Å². The van der Waals surface area contributed by atoms with Crippen molar-refractivity contribution in [2.24, 2.45) is 0 Å². The highest BCUT2D eigenvalue weighted by atomic mass is 31.2. The number of hydrogen-bond acceptors (Lipinski definition) is 1. The van der Waals surface area contributed by atoms with Crippen molar-refractivity contribution in [1.29, 1.82) is 0 Å². The predicted octanol–water partition coefficient (Wildman–Crippen LogP) is 7.54. The van der Waals surface area contributed by atoms with Gasteiger partial charge in [0.15, 0.2) is 0 Å². The molecule has 0 saturated carbocycles. The molecule has 0 aromatic carbocycles. The summed E-state index contributed by atoms with van der Waals surface area (Å²) in [6.45, 7) is 8.70. The zero-order chi connectivity index (χ0) is 17.6. The van der Waals surface area contributed by atoms with E-state index < -0.39 is 7.37 Å². The lowest BCUT2D eigenvalue weighted by atomic mass is 10.1. The second-order valence-electron chi connectivity index (χ2n) is 7.26. The van der Waals surface area contributed by atoms with Gasteiger partial charge in [-0.2, -0.15) is 0 Å². The van der Waals surface area contributed by atoms with Crippen molar-refractivity contribution in [3.05, 3.63) is 0 Å². The molecule has 2 nitrogen and oxygen atoms in total. The summed E-state index contributed by atoms with van der Waals surface area (Å²) >= 11 is 0. The second-order valence-corrected chi connectivity index (χ2v) is 10.1. The highest BCUT2D eigenvalue weighted by Crippen LogP contribution is 2.57. The van der Waals surface area contributed by atoms with Gasteiger partial charge in [-0.15, -0.1) is 0 Å². The van der Waals surface area contributed by atoms with Gasteiger partial charge >= 0.3 is 0 Å². The van der Waals surface area contributed by atoms with Crippen LogP contribution in [0, 0.1) is 0 Å². The Balaban J connectivity index is 4.56. The molecular weight excluding hydrogens is 303 g/mol. The Bertz CT molecular complexity index is 304. The monoisotopic (exact) mass is 346 g/mol. The fraction of sp³-hybridized carbons (Fsp3) is 1.00. The maximum atomic E-state index is 13.2. The SMILES string of the molecule is CCCCCCCCC(CCC)P(=O)(O)C(CCC)CCCC. The summed E-state index contributed by atoms with van der Waals surface area (Å²) in [5.74, 6) is 0. The minimum atomic E-state index is -3.04. The fourth-order valence-corrected chi connectivity index (χ4v) is 6.55. The van der Waals surface area contributed by atoms with E-state index in [-0.39, 0.29) is 11.3 Å². The van der Waals surface area contributed by atoms with E-state index in [4.69, 9.17) is 0 Å². The second kappa shape index (κ2) is 14.5. The first-order valence-electron chi connectivity index (χ1n) is 10.4. The molecule has 0 spiro atoms. The molecule has 0 bridgehead atoms. The molecule has 0 aromatic heterocycles. The number of rotatable bonds is 16. The maximum absolute atomic E-state index is 13.2. The van der Waals surface area contributed by atoms with Gasteiger partial charge in [-0.25, -0.2) is 0 Å². The van der Waals surface area contributed by atoms with Crippen LogP contribution in [0.5, 0.6) is 0 Å². The quantitative estimate of drug-likeness (QED) is 0.231. The summed E-state index contributed by atoms with van der Waals surface area (Å²) in [5, 5.41) is 0. The first-order valence-corrected chi connectivity index (χ1v) is 12.2. The maximum Gasteiger partial charge on any atom is 0.206 e. The third-order valence-corrected chi connectivity index (χ3v) is 8.20. The largest absolute Gasteiger partial charge is 0.344 e. The molecule has 0 aliphatic heterocycles. The zero-order valence-electron chi connectivity index (χ0n) is 16.4. The van der Waals surface area contributed by atoms with Crippen LogP contribution in [0.4, 0.5) is 0 Å². The molecule has 0 radical (unpaired) electrons. The smallest absolute Gasteiger partial charge is 0.206 e. The highest BCUT2D eigenvalue weighted by Gasteiger charge is 2.36. The molecule has 0 aromatic rings. The van der Waals surface area contributed by atoms with Crippen LogP contribution >= 0.6 is 7.37 Å². The molecule has 1 N–H and O–H groups in total. The summed E-state index contributed by atoms with van der Waals surface area (Å²) in [4.78, 5) is 10.9. The molecule has 23 heavy (non-hydrogen) atoms. The van der Waals surface area contributed by atoms with Crippen LogP contribution in [0.3, 0.4) is 0 Å². The summed E-state index contributed by atoms with van der Waals surface area (Å²) in [6, 6.07) is 0. The molecule has 3 heteroatoms. The van der Waals surface area contributed by atoms with Gasteiger partial charge in [0, 0.05) is 11.3 Å². The van der Waals surface area contributed by atoms with Crippen LogP contribution in [0.15, 0.2) is 0 Å². The predicted molar refractivity (Wildman–Crippen MR) is 105 cm³/mol. The highest BCUT2D eigenvalue weighted by molar-refractivity contribution is 7.59. The average molecular weight is 347 g/mol. The zero-order valence-corrected chi connectivity index (χ0v) is 17.3. The third-order valence-electron chi connectivity index (χ3n) is 5.07. The van der Waals surface area contributed by atoms with Gasteiger partial charge in [-0.1, -0.05) is 91.9 Å². The lowest BCUT2D eigenvalue weighted by Crippen LogP contribution is -2.19. The van der Waals surface area contributed by atoms with Crippen molar-refractivity contribution in [3.8, 4) is 0 Å². The summed E-state index contributed by atoms with van der Waals surface area (Å²) < 4.78 is 13.2. The average Bonchev–Trinajstić information content (AvgIpc) is 2.53. The number of hydrogen-bond donors (Lipinski definition) is 1. The van der Waals surface area contributed by atoms with Crippen molar-refractivity contribution in [3.63, 3.8) is 0 Å². The van der Waals surface area contributed by atoms with Gasteiger partial charge in [-0.05, 0) is 25.7 Å². The van der Waals surface area contributed by atoms with Crippen LogP contribution in [0.25, 0.3) is 0 Å². The van der Waals surface area contributed by atoms with Gasteiger partial charge in [0.05, 0.1) is 0 Å². The van der Waals surface area contributed by atoms with E-state index in [9.17, 15) is 9.46 Å². The lowest BCUT2D eigenvalue weighted by molar-refractivity contribution is 0.417. The van der Waals surface area contributed by atoms with Crippen molar-refractivity contribution < 1.29 is 9.46 Å². The molecular formula is C20H43O2P. The minimum absolute atomic E-state index is 0.0455. The Kier molecular flexibility index (Phi) is 14.6. The Morgan fingerprint density at radius 2 is 1.04 bits per heavy atom. The standard InChI is InChI=1S/C20H43O2P/c1-5-9-11-12-13-14-18-20(16-8-4)23(21,22)19(15-7-3)17-10-6-2/h19-20H,5-18H2,1-4H3,(H,21,22). The summed E-state index contributed by atoms with van der Waals surface area (Å²) in [7, 11) is -3.04. The van der Waals surface area contributed by atoms with Crippen LogP contribution in [0.1, 0.15) is 118 Å². The molecule has 3 atom stereocenters. The molecule has 0 heterocycles. The molecule has 0 saturated heterocycles. The van der Waals surface area contributed by atoms with Crippen LogP contribution in [-0.4, -0.2) is 16.2 Å². The molecule has 0 rings (SSSR count).